The van der Waals surface area contributed by atoms with Crippen molar-refractivity contribution >= 4 is 21.8 Å². The van der Waals surface area contributed by atoms with Gasteiger partial charge in [0.2, 0.25) is 5.91 Å². The van der Waals surface area contributed by atoms with Gasteiger partial charge in [0.05, 0.1) is 10.4 Å². The fourth-order valence-corrected chi connectivity index (χ4v) is 1.63. The molecule has 1 rings (SSSR count). The minimum Gasteiger partial charge on any atom is -0.348 e. The molecule has 0 bridgehead atoms. The minimum absolute atomic E-state index is 0.00301. The van der Waals surface area contributed by atoms with Crippen molar-refractivity contribution in [2.45, 2.75) is 38.1 Å². The average molecular weight is 284 g/mol. The van der Waals surface area contributed by atoms with Crippen LogP contribution >= 0.6 is 15.9 Å². The summed E-state index contributed by atoms with van der Waals surface area (Å²) in [4.78, 5) is 11.8. The summed E-state index contributed by atoms with van der Waals surface area (Å²) in [7, 11) is 0. The molecular formula is C13H18BrNO. The molecule has 1 N–H and O–H groups in total. The Morgan fingerprint density at radius 2 is 1.94 bits per heavy atom. The van der Waals surface area contributed by atoms with E-state index in [9.17, 15) is 4.79 Å². The summed E-state index contributed by atoms with van der Waals surface area (Å²) in [6, 6.07) is 8.12. The summed E-state index contributed by atoms with van der Waals surface area (Å²) in [5, 5.41) is 2.99. The molecule has 0 aromatic heterocycles. The molecule has 1 amide bonds. The van der Waals surface area contributed by atoms with E-state index in [0.717, 1.165) is 5.56 Å². The number of hydrogen-bond acceptors (Lipinski definition) is 1. The first-order valence-electron chi connectivity index (χ1n) is 5.38. The first kappa shape index (κ1) is 13.2. The fraction of sp³-hybridized carbons (Fsp3) is 0.462. The Labute approximate surface area is 106 Å². The van der Waals surface area contributed by atoms with Gasteiger partial charge in [0.1, 0.15) is 0 Å². The predicted octanol–water partition coefficient (Wildman–Crippen LogP) is 3.35. The topological polar surface area (TPSA) is 29.1 Å². The third-order valence-electron chi connectivity index (χ3n) is 2.54. The third-order valence-corrected chi connectivity index (χ3v) is 2.90. The van der Waals surface area contributed by atoms with E-state index in [1.165, 1.54) is 5.56 Å². The van der Waals surface area contributed by atoms with Gasteiger partial charge >= 0.3 is 0 Å². The van der Waals surface area contributed by atoms with E-state index < -0.39 is 4.32 Å². The number of alkyl halides is 1. The molecule has 0 fully saturated rings. The normalized spacial score (nSPS) is 13.3. The molecule has 0 spiro atoms. The van der Waals surface area contributed by atoms with E-state index >= 15 is 0 Å². The van der Waals surface area contributed by atoms with Crippen molar-refractivity contribution in [1.82, 2.24) is 5.32 Å². The van der Waals surface area contributed by atoms with Crippen LogP contribution in [-0.4, -0.2) is 10.2 Å². The van der Waals surface area contributed by atoms with Gasteiger partial charge in [-0.3, -0.25) is 4.79 Å². The van der Waals surface area contributed by atoms with Gasteiger partial charge in [-0.25, -0.2) is 0 Å². The molecule has 1 unspecified atom stereocenters. The summed E-state index contributed by atoms with van der Waals surface area (Å²) >= 11 is 3.35. The molecule has 1 atom stereocenters. The summed E-state index contributed by atoms with van der Waals surface area (Å²) in [6.45, 7) is 7.73. The average Bonchev–Trinajstić information content (AvgIpc) is 2.16. The third kappa shape index (κ3) is 3.34. The summed E-state index contributed by atoms with van der Waals surface area (Å²) < 4.78 is -0.524. The number of aryl methyl sites for hydroxylation is 1. The first-order chi connectivity index (χ1) is 7.32. The largest absolute Gasteiger partial charge is 0.348 e. The standard InChI is InChI=1S/C13H18BrNO/c1-9-7-5-6-8-11(9)10(2)15-12(16)13(3,4)14/h5-8,10H,1-4H3,(H,15,16). The molecule has 1 aromatic carbocycles. The number of halogens is 1. The Kier molecular flexibility index (Phi) is 4.14. The molecule has 0 saturated carbocycles. The lowest BCUT2D eigenvalue weighted by atomic mass is 10.0. The number of carbonyl (C=O) groups excluding carboxylic acids is 1. The quantitative estimate of drug-likeness (QED) is 0.847. The minimum atomic E-state index is -0.524. The maximum atomic E-state index is 11.8. The van der Waals surface area contributed by atoms with E-state index in [4.69, 9.17) is 0 Å². The molecular weight excluding hydrogens is 266 g/mol. The van der Waals surface area contributed by atoms with Crippen LogP contribution in [-0.2, 0) is 4.79 Å². The van der Waals surface area contributed by atoms with E-state index in [0.29, 0.717) is 0 Å². The van der Waals surface area contributed by atoms with Gasteiger partial charge < -0.3 is 5.32 Å². The second-order valence-corrected chi connectivity index (χ2v) is 6.51. The zero-order chi connectivity index (χ0) is 12.3. The zero-order valence-electron chi connectivity index (χ0n) is 10.2. The summed E-state index contributed by atoms with van der Waals surface area (Å²) in [5.41, 5.74) is 2.36. The predicted molar refractivity (Wildman–Crippen MR) is 70.7 cm³/mol. The molecule has 1 aromatic rings. The van der Waals surface area contributed by atoms with Crippen molar-refractivity contribution in [3.8, 4) is 0 Å². The number of nitrogens with one attached hydrogen (secondary N) is 1. The lowest BCUT2D eigenvalue weighted by molar-refractivity contribution is -0.123. The SMILES string of the molecule is Cc1ccccc1C(C)NC(=O)C(C)(C)Br. The number of amides is 1. The maximum absolute atomic E-state index is 11.8. The monoisotopic (exact) mass is 283 g/mol. The summed E-state index contributed by atoms with van der Waals surface area (Å²) in [5.74, 6) is 0.00301. The Bertz CT molecular complexity index is 382. The van der Waals surface area contributed by atoms with Crippen molar-refractivity contribution in [2.75, 3.05) is 0 Å². The smallest absolute Gasteiger partial charge is 0.236 e. The van der Waals surface area contributed by atoms with Crippen LogP contribution in [0.5, 0.6) is 0 Å². The molecule has 3 heteroatoms. The van der Waals surface area contributed by atoms with Crippen molar-refractivity contribution in [1.29, 1.82) is 0 Å². The van der Waals surface area contributed by atoms with Crippen molar-refractivity contribution in [2.24, 2.45) is 0 Å². The van der Waals surface area contributed by atoms with E-state index in [-0.39, 0.29) is 11.9 Å². The van der Waals surface area contributed by atoms with Crippen LogP contribution < -0.4 is 5.32 Å². The van der Waals surface area contributed by atoms with Crippen LogP contribution in [0.2, 0.25) is 0 Å². The zero-order valence-corrected chi connectivity index (χ0v) is 11.8. The van der Waals surface area contributed by atoms with Gasteiger partial charge in [0.15, 0.2) is 0 Å². The molecule has 0 radical (unpaired) electrons. The number of carbonyl (C=O) groups is 1. The highest BCUT2D eigenvalue weighted by molar-refractivity contribution is 9.10. The molecule has 0 aliphatic rings. The van der Waals surface area contributed by atoms with Gasteiger partial charge in [0, 0.05) is 0 Å². The highest BCUT2D eigenvalue weighted by Crippen LogP contribution is 2.20. The number of hydrogen-bond donors (Lipinski definition) is 1. The van der Waals surface area contributed by atoms with Gasteiger partial charge in [-0.2, -0.15) is 0 Å². The fourth-order valence-electron chi connectivity index (χ4n) is 1.52. The molecule has 0 saturated heterocycles. The second-order valence-electron chi connectivity index (χ2n) is 4.52. The van der Waals surface area contributed by atoms with Crippen LogP contribution in [0.15, 0.2) is 24.3 Å². The van der Waals surface area contributed by atoms with Crippen molar-refractivity contribution in [3.05, 3.63) is 35.4 Å². The highest BCUT2D eigenvalue weighted by atomic mass is 79.9. The van der Waals surface area contributed by atoms with Crippen LogP contribution in [0.1, 0.15) is 37.9 Å². The van der Waals surface area contributed by atoms with Crippen LogP contribution in [0, 0.1) is 6.92 Å². The molecule has 0 aliphatic carbocycles. The van der Waals surface area contributed by atoms with E-state index in [1.54, 1.807) is 0 Å². The van der Waals surface area contributed by atoms with Crippen molar-refractivity contribution in [3.63, 3.8) is 0 Å². The first-order valence-corrected chi connectivity index (χ1v) is 6.17. The number of benzene rings is 1. The van der Waals surface area contributed by atoms with Gasteiger partial charge in [-0.15, -0.1) is 0 Å². The van der Waals surface area contributed by atoms with E-state index in [1.807, 2.05) is 39.0 Å². The lowest BCUT2D eigenvalue weighted by Gasteiger charge is -2.21. The Morgan fingerprint density at radius 3 is 2.44 bits per heavy atom. The molecule has 0 heterocycles. The highest BCUT2D eigenvalue weighted by Gasteiger charge is 2.25. The van der Waals surface area contributed by atoms with Gasteiger partial charge in [-0.1, -0.05) is 40.2 Å². The van der Waals surface area contributed by atoms with Crippen LogP contribution in [0.25, 0.3) is 0 Å². The molecule has 16 heavy (non-hydrogen) atoms. The molecule has 2 nitrogen and oxygen atoms in total. The summed E-state index contributed by atoms with van der Waals surface area (Å²) in [6.07, 6.45) is 0. The van der Waals surface area contributed by atoms with Crippen LogP contribution in [0.4, 0.5) is 0 Å². The number of rotatable bonds is 3. The molecule has 0 aliphatic heterocycles. The second kappa shape index (κ2) is 5.00. The maximum Gasteiger partial charge on any atom is 0.236 e. The Balaban J connectivity index is 2.78. The van der Waals surface area contributed by atoms with E-state index in [2.05, 4.69) is 34.2 Å². The lowest BCUT2D eigenvalue weighted by Crippen LogP contribution is -2.39. The van der Waals surface area contributed by atoms with Gasteiger partial charge in [-0.05, 0) is 38.8 Å². The van der Waals surface area contributed by atoms with Crippen molar-refractivity contribution < 1.29 is 4.79 Å². The van der Waals surface area contributed by atoms with Gasteiger partial charge in [0.25, 0.3) is 0 Å². The molecule has 88 valence electrons. The Morgan fingerprint density at radius 1 is 1.38 bits per heavy atom. The Hall–Kier alpha value is -0.830. The van der Waals surface area contributed by atoms with Crippen LogP contribution in [0.3, 0.4) is 0 Å².